The van der Waals surface area contributed by atoms with Crippen molar-refractivity contribution >= 4 is 10.9 Å². The monoisotopic (exact) mass is 589 g/mol. The summed E-state index contributed by atoms with van der Waals surface area (Å²) in [7, 11) is 1.50. The molecule has 5 nitrogen and oxygen atoms in total. The Hall–Kier alpha value is -4.27. The smallest absolute Gasteiger partial charge is 0.425 e. The second kappa shape index (κ2) is 12.7. The maximum absolute atomic E-state index is 14.0. The van der Waals surface area contributed by atoms with Crippen LogP contribution in [0.1, 0.15) is 42.9 Å². The van der Waals surface area contributed by atoms with E-state index in [2.05, 4.69) is 12.3 Å². The van der Waals surface area contributed by atoms with Gasteiger partial charge in [0.2, 0.25) is 5.60 Å². The number of nitrogens with two attached hydrogens (primary N) is 1. The van der Waals surface area contributed by atoms with Crippen LogP contribution in [0.15, 0.2) is 85.1 Å². The molecule has 0 spiro atoms. The summed E-state index contributed by atoms with van der Waals surface area (Å²) >= 11 is 0. The number of benzene rings is 3. The number of alkyl halides is 6. The van der Waals surface area contributed by atoms with Gasteiger partial charge in [-0.05, 0) is 68.1 Å². The second-order valence-corrected chi connectivity index (χ2v) is 9.39. The number of hydrogen-bond donors (Lipinski definition) is 2. The Bertz CT molecular complexity index is 1580. The van der Waals surface area contributed by atoms with Gasteiger partial charge in [-0.3, -0.25) is 0 Å². The predicted octanol–water partition coefficient (Wildman–Crippen LogP) is 8.38. The van der Waals surface area contributed by atoms with Crippen LogP contribution in [0.5, 0.6) is 11.5 Å². The fourth-order valence-electron chi connectivity index (χ4n) is 4.04. The number of halogens is 6. The molecule has 0 saturated heterocycles. The van der Waals surface area contributed by atoms with E-state index in [9.17, 15) is 31.4 Å². The van der Waals surface area contributed by atoms with Gasteiger partial charge in [-0.1, -0.05) is 44.0 Å². The van der Waals surface area contributed by atoms with E-state index in [1.165, 1.54) is 79.5 Å². The number of nitrogens with zero attached hydrogens (tertiary/aromatic N) is 2. The van der Waals surface area contributed by atoms with Gasteiger partial charge in [0.05, 0.1) is 22.7 Å². The number of fused-ring (bicyclic) bond motifs is 1. The van der Waals surface area contributed by atoms with Crippen molar-refractivity contribution in [3.63, 3.8) is 0 Å². The molecular weight excluding hydrogens is 560 g/mol. The highest BCUT2D eigenvalue weighted by atomic mass is 19.4. The summed E-state index contributed by atoms with van der Waals surface area (Å²) in [5.74, 6) is 0.0106. The van der Waals surface area contributed by atoms with E-state index in [-0.39, 0.29) is 22.4 Å². The van der Waals surface area contributed by atoms with Crippen LogP contribution >= 0.6 is 0 Å². The molecule has 222 valence electrons. The Morgan fingerprint density at radius 3 is 1.98 bits per heavy atom. The molecule has 5 rings (SSSR count). The van der Waals surface area contributed by atoms with E-state index in [0.717, 1.165) is 13.0 Å². The van der Waals surface area contributed by atoms with Gasteiger partial charge in [0, 0.05) is 22.8 Å². The molecular formula is C31H29F6N3O2. The van der Waals surface area contributed by atoms with Crippen LogP contribution < -0.4 is 10.5 Å². The van der Waals surface area contributed by atoms with Crippen molar-refractivity contribution in [1.82, 2.24) is 4.57 Å². The van der Waals surface area contributed by atoms with Crippen LogP contribution in [0.4, 0.5) is 26.3 Å². The lowest BCUT2D eigenvalue weighted by molar-refractivity contribution is -0.249. The fraction of sp³-hybridized carbons (Fsp3) is 0.258. The molecule has 1 saturated carbocycles. The molecule has 11 heteroatoms. The van der Waals surface area contributed by atoms with E-state index in [0.29, 0.717) is 17.3 Å². The summed E-state index contributed by atoms with van der Waals surface area (Å²) in [6.07, 6.45) is -4.09. The highest BCUT2D eigenvalue weighted by Gasteiger charge is 2.57. The number of aromatic nitrogens is 1. The number of hydrogen-bond acceptors (Lipinski definition) is 4. The first-order valence-corrected chi connectivity index (χ1v) is 12.8. The van der Waals surface area contributed by atoms with E-state index in [4.69, 9.17) is 10.00 Å². The van der Waals surface area contributed by atoms with Gasteiger partial charge in [0.1, 0.15) is 11.5 Å². The van der Waals surface area contributed by atoms with Crippen molar-refractivity contribution in [2.45, 2.75) is 44.1 Å². The van der Waals surface area contributed by atoms with E-state index in [1.807, 2.05) is 0 Å². The van der Waals surface area contributed by atoms with Crippen LogP contribution in [0.3, 0.4) is 0 Å². The fourth-order valence-corrected chi connectivity index (χ4v) is 4.04. The number of nitriles is 1. The normalized spacial score (nSPS) is 13.9. The third-order valence-corrected chi connectivity index (χ3v) is 6.25. The third kappa shape index (κ3) is 6.78. The van der Waals surface area contributed by atoms with Crippen molar-refractivity contribution in [3.05, 3.63) is 102 Å². The summed E-state index contributed by atoms with van der Waals surface area (Å²) in [6, 6.07) is 16.6. The topological polar surface area (TPSA) is 84.2 Å². The first-order valence-electron chi connectivity index (χ1n) is 12.8. The molecule has 1 atom stereocenters. The Kier molecular flexibility index (Phi) is 9.76. The number of ether oxygens (including phenoxy) is 1. The number of para-hydroxylation sites is 1. The molecule has 1 heterocycles. The first-order chi connectivity index (χ1) is 19.8. The first kappa shape index (κ1) is 32.2. The summed E-state index contributed by atoms with van der Waals surface area (Å²) in [5.41, 5.74) is -0.543. The largest absolute Gasteiger partial charge is 0.457 e. The lowest BCUT2D eigenvalue weighted by Crippen LogP contribution is -2.43. The molecule has 1 fully saturated rings. The Labute approximate surface area is 239 Å². The molecule has 1 unspecified atom stereocenters. The van der Waals surface area contributed by atoms with Gasteiger partial charge in [-0.25, -0.2) is 0 Å². The standard InChI is InChI=1S/C27H18F6N2O2.C3H6.CH5N/c1-16(2)25(36,27(31,32)33)23-15-35(24-6-4-3-5-21(23)24)18-8-11-19(12-9-18)37-20-10-7-17(14-34)22(13-20)26(28,29)30;1-2-3-1;1-2/h3-13,15,36H,1H2,2H3;1-3H2;2H2,1H3. The minimum atomic E-state index is -5.03. The van der Waals surface area contributed by atoms with Crippen molar-refractivity contribution in [2.75, 3.05) is 7.05 Å². The SMILES string of the molecule is C1CC1.C=C(C)C(O)(c1cn(-c2ccc(Oc3ccc(C#N)c(C(F)(F)F)c3)cc2)c2ccccc12)C(F)(F)F.CN. The van der Waals surface area contributed by atoms with Gasteiger partial charge in [-0.2, -0.15) is 31.6 Å². The zero-order valence-corrected chi connectivity index (χ0v) is 22.9. The quantitative estimate of drug-likeness (QED) is 0.181. The molecule has 0 radical (unpaired) electrons. The maximum atomic E-state index is 14.0. The molecule has 1 aromatic heterocycles. The maximum Gasteiger partial charge on any atom is 0.425 e. The van der Waals surface area contributed by atoms with Crippen molar-refractivity contribution in [1.29, 1.82) is 5.26 Å². The van der Waals surface area contributed by atoms with Crippen LogP contribution in [-0.4, -0.2) is 22.9 Å². The van der Waals surface area contributed by atoms with Gasteiger partial charge in [-0.15, -0.1) is 0 Å². The zero-order valence-electron chi connectivity index (χ0n) is 22.9. The summed E-state index contributed by atoms with van der Waals surface area (Å²) in [4.78, 5) is 0. The number of aliphatic hydroxyl groups is 1. The molecule has 4 aromatic rings. The number of rotatable bonds is 5. The minimum absolute atomic E-state index is 0.149. The van der Waals surface area contributed by atoms with Crippen molar-refractivity contribution in [3.8, 4) is 23.3 Å². The molecule has 42 heavy (non-hydrogen) atoms. The van der Waals surface area contributed by atoms with Crippen molar-refractivity contribution in [2.24, 2.45) is 5.73 Å². The van der Waals surface area contributed by atoms with E-state index < -0.39 is 34.7 Å². The Morgan fingerprint density at radius 1 is 0.905 bits per heavy atom. The van der Waals surface area contributed by atoms with Gasteiger partial charge in [0.25, 0.3) is 0 Å². The van der Waals surface area contributed by atoms with Gasteiger partial charge in [0.15, 0.2) is 0 Å². The van der Waals surface area contributed by atoms with Crippen LogP contribution in [0.2, 0.25) is 0 Å². The van der Waals surface area contributed by atoms with Crippen LogP contribution in [0, 0.1) is 11.3 Å². The molecule has 0 amide bonds. The molecule has 0 bridgehead atoms. The highest BCUT2D eigenvalue weighted by molar-refractivity contribution is 5.87. The molecule has 3 aromatic carbocycles. The third-order valence-electron chi connectivity index (χ3n) is 6.25. The Morgan fingerprint density at radius 2 is 1.48 bits per heavy atom. The highest BCUT2D eigenvalue weighted by Crippen LogP contribution is 2.47. The van der Waals surface area contributed by atoms with Gasteiger partial charge >= 0.3 is 12.4 Å². The molecule has 3 N–H and O–H groups in total. The molecule has 0 aliphatic heterocycles. The summed E-state index contributed by atoms with van der Waals surface area (Å²) < 4.78 is 88.5. The average molecular weight is 590 g/mol. The predicted molar refractivity (Wildman–Crippen MR) is 148 cm³/mol. The van der Waals surface area contributed by atoms with Gasteiger partial charge < -0.3 is 20.1 Å². The van der Waals surface area contributed by atoms with Crippen LogP contribution in [0.25, 0.3) is 16.6 Å². The second-order valence-electron chi connectivity index (χ2n) is 9.39. The zero-order chi connectivity index (χ0) is 31.3. The lowest BCUT2D eigenvalue weighted by Gasteiger charge is -2.30. The van der Waals surface area contributed by atoms with E-state index in [1.54, 1.807) is 18.2 Å². The lowest BCUT2D eigenvalue weighted by atomic mass is 9.87. The summed E-state index contributed by atoms with van der Waals surface area (Å²) in [6.45, 7) is 4.45. The minimum Gasteiger partial charge on any atom is -0.457 e. The van der Waals surface area contributed by atoms with Crippen LogP contribution in [-0.2, 0) is 11.8 Å². The molecule has 1 aliphatic carbocycles. The average Bonchev–Trinajstić information content (AvgIpc) is 3.80. The Balaban J connectivity index is 0.000000891. The molecule has 1 aliphatic rings. The van der Waals surface area contributed by atoms with E-state index >= 15 is 0 Å². The van der Waals surface area contributed by atoms with Crippen molar-refractivity contribution < 1.29 is 36.2 Å². The summed E-state index contributed by atoms with van der Waals surface area (Å²) in [5, 5.41) is 19.8.